The minimum Gasteiger partial charge on any atom is -0.384 e. The van der Waals surface area contributed by atoms with E-state index >= 15 is 0 Å². The molecule has 0 spiro atoms. The van der Waals surface area contributed by atoms with E-state index in [9.17, 15) is 13.2 Å². The van der Waals surface area contributed by atoms with Crippen LogP contribution in [-0.4, -0.2) is 25.3 Å². The van der Waals surface area contributed by atoms with Gasteiger partial charge in [0.25, 0.3) is 0 Å². The summed E-state index contributed by atoms with van der Waals surface area (Å²) < 4.78 is 25.9. The molecule has 128 valence electrons. The van der Waals surface area contributed by atoms with Gasteiger partial charge in [-0.2, -0.15) is 0 Å². The molecule has 1 saturated carbocycles. The van der Waals surface area contributed by atoms with Crippen LogP contribution in [0.4, 0.5) is 5.69 Å². The molecule has 24 heavy (non-hydrogen) atoms. The van der Waals surface area contributed by atoms with Crippen LogP contribution in [0.1, 0.15) is 19.8 Å². The molecule has 1 aromatic heterocycles. The molecule has 1 aliphatic carbocycles. The molecule has 5 nitrogen and oxygen atoms in total. The summed E-state index contributed by atoms with van der Waals surface area (Å²) in [5.41, 5.74) is 2.43. The van der Waals surface area contributed by atoms with Gasteiger partial charge < -0.3 is 9.88 Å². The first kappa shape index (κ1) is 16.8. The smallest absolute Gasteiger partial charge is 0.250 e. The predicted octanol–water partition coefficient (Wildman–Crippen LogP) is 2.67. The molecule has 1 heterocycles. The first-order chi connectivity index (χ1) is 11.4. The van der Waals surface area contributed by atoms with E-state index in [2.05, 4.69) is 5.32 Å². The van der Waals surface area contributed by atoms with Crippen LogP contribution in [0.25, 0.3) is 11.1 Å². The maximum atomic E-state index is 12.2. The van der Waals surface area contributed by atoms with E-state index < -0.39 is 9.84 Å². The molecule has 0 amide bonds. The van der Waals surface area contributed by atoms with Crippen LogP contribution in [0.15, 0.2) is 46.2 Å². The zero-order valence-corrected chi connectivity index (χ0v) is 14.8. The number of sulfone groups is 1. The van der Waals surface area contributed by atoms with E-state index in [1.165, 1.54) is 23.5 Å². The normalized spacial score (nSPS) is 14.6. The summed E-state index contributed by atoms with van der Waals surface area (Å²) in [6, 6.07) is 8.42. The molecule has 0 atom stereocenters. The highest BCUT2D eigenvalue weighted by Crippen LogP contribution is 2.33. The maximum Gasteiger partial charge on any atom is 0.250 e. The van der Waals surface area contributed by atoms with Crippen molar-refractivity contribution >= 4 is 15.5 Å². The van der Waals surface area contributed by atoms with Gasteiger partial charge in [-0.05, 0) is 43.0 Å². The van der Waals surface area contributed by atoms with Crippen molar-refractivity contribution in [1.29, 1.82) is 0 Å². The summed E-state index contributed by atoms with van der Waals surface area (Å²) in [5.74, 6) is 0.770. The Hall–Kier alpha value is -2.08. The lowest BCUT2D eigenvalue weighted by Gasteiger charge is -2.14. The zero-order chi connectivity index (χ0) is 17.3. The van der Waals surface area contributed by atoms with Gasteiger partial charge >= 0.3 is 0 Å². The maximum absolute atomic E-state index is 12.2. The molecule has 0 saturated heterocycles. The number of pyridine rings is 1. The van der Waals surface area contributed by atoms with Gasteiger partial charge in [-0.1, -0.05) is 6.92 Å². The molecule has 2 aromatic rings. The highest BCUT2D eigenvalue weighted by atomic mass is 32.2. The van der Waals surface area contributed by atoms with Crippen molar-refractivity contribution in [3.05, 3.63) is 46.9 Å². The highest BCUT2D eigenvalue weighted by molar-refractivity contribution is 7.91. The van der Waals surface area contributed by atoms with Gasteiger partial charge in [0.15, 0.2) is 9.84 Å². The molecular formula is C18H22N2O3S. The Bertz CT molecular complexity index is 912. The predicted molar refractivity (Wildman–Crippen MR) is 96.1 cm³/mol. The second-order valence-corrected chi connectivity index (χ2v) is 8.58. The standard InChI is InChI=1S/C18H22N2O3S/c1-3-24(22,23)15-7-8-17(19-11-13-4-5-13)16(10-15)14-6-9-18(21)20(2)12-14/h6-10,12-13,19H,3-5,11H2,1-2H3. The minimum atomic E-state index is -3.28. The Morgan fingerprint density at radius 1 is 1.21 bits per heavy atom. The third-order valence-corrected chi connectivity index (χ3v) is 6.14. The second kappa shape index (κ2) is 6.43. The van der Waals surface area contributed by atoms with Crippen LogP contribution in [0, 0.1) is 5.92 Å². The number of rotatable bonds is 6. The van der Waals surface area contributed by atoms with E-state index in [0.29, 0.717) is 10.8 Å². The highest BCUT2D eigenvalue weighted by Gasteiger charge is 2.22. The van der Waals surface area contributed by atoms with Crippen molar-refractivity contribution < 1.29 is 8.42 Å². The molecule has 0 aliphatic heterocycles. The van der Waals surface area contributed by atoms with Crippen LogP contribution in [0.2, 0.25) is 0 Å². The summed E-state index contributed by atoms with van der Waals surface area (Å²) in [4.78, 5) is 11.9. The van der Waals surface area contributed by atoms with E-state index in [4.69, 9.17) is 0 Å². The number of nitrogens with zero attached hydrogens (tertiary/aromatic N) is 1. The second-order valence-electron chi connectivity index (χ2n) is 6.30. The minimum absolute atomic E-state index is 0.0641. The van der Waals surface area contributed by atoms with Gasteiger partial charge in [-0.15, -0.1) is 0 Å². The first-order valence-corrected chi connectivity index (χ1v) is 9.83. The summed E-state index contributed by atoms with van der Waals surface area (Å²) in [6.07, 6.45) is 4.22. The van der Waals surface area contributed by atoms with E-state index in [-0.39, 0.29) is 11.3 Å². The summed E-state index contributed by atoms with van der Waals surface area (Å²) >= 11 is 0. The Morgan fingerprint density at radius 3 is 2.58 bits per heavy atom. The van der Waals surface area contributed by atoms with Gasteiger partial charge in [0, 0.05) is 42.7 Å². The van der Waals surface area contributed by atoms with Crippen molar-refractivity contribution in [1.82, 2.24) is 4.57 Å². The van der Waals surface area contributed by atoms with Gasteiger partial charge in [0.2, 0.25) is 5.56 Å². The third-order valence-electron chi connectivity index (χ3n) is 4.41. The number of anilines is 1. The Labute approximate surface area is 142 Å². The zero-order valence-electron chi connectivity index (χ0n) is 14.0. The number of benzene rings is 1. The van der Waals surface area contributed by atoms with E-state index in [0.717, 1.165) is 23.4 Å². The lowest BCUT2D eigenvalue weighted by Crippen LogP contribution is -2.14. The van der Waals surface area contributed by atoms with Crippen LogP contribution in [0.5, 0.6) is 0 Å². The molecule has 1 aliphatic rings. The third kappa shape index (κ3) is 3.53. The fourth-order valence-electron chi connectivity index (χ4n) is 2.61. The molecule has 1 aromatic carbocycles. The topological polar surface area (TPSA) is 68.2 Å². The van der Waals surface area contributed by atoms with Gasteiger partial charge in [0.05, 0.1) is 10.6 Å². The molecule has 6 heteroatoms. The monoisotopic (exact) mass is 346 g/mol. The number of hydrogen-bond acceptors (Lipinski definition) is 4. The first-order valence-electron chi connectivity index (χ1n) is 8.18. The van der Waals surface area contributed by atoms with Crippen molar-refractivity contribution in [2.24, 2.45) is 13.0 Å². The summed E-state index contributed by atoms with van der Waals surface area (Å²) in [7, 11) is -1.59. The number of hydrogen-bond donors (Lipinski definition) is 1. The fourth-order valence-corrected chi connectivity index (χ4v) is 3.51. The Balaban J connectivity index is 2.08. The van der Waals surface area contributed by atoms with Crippen LogP contribution in [0.3, 0.4) is 0 Å². The molecule has 0 bridgehead atoms. The molecule has 3 rings (SSSR count). The van der Waals surface area contributed by atoms with Crippen LogP contribution < -0.4 is 10.9 Å². The fraction of sp³-hybridized carbons (Fsp3) is 0.389. The Morgan fingerprint density at radius 2 is 1.96 bits per heavy atom. The average molecular weight is 346 g/mol. The lowest BCUT2D eigenvalue weighted by molar-refractivity contribution is 0.597. The number of aryl methyl sites for hydroxylation is 1. The van der Waals surface area contributed by atoms with E-state index in [1.54, 1.807) is 38.4 Å². The number of aromatic nitrogens is 1. The van der Waals surface area contributed by atoms with Gasteiger partial charge in [-0.25, -0.2) is 8.42 Å². The summed E-state index contributed by atoms with van der Waals surface area (Å²) in [5, 5.41) is 3.42. The van der Waals surface area contributed by atoms with Crippen molar-refractivity contribution in [2.75, 3.05) is 17.6 Å². The Kier molecular flexibility index (Phi) is 4.49. The average Bonchev–Trinajstić information content (AvgIpc) is 3.39. The number of nitrogens with one attached hydrogen (secondary N) is 1. The van der Waals surface area contributed by atoms with Gasteiger partial charge in [0.1, 0.15) is 0 Å². The lowest BCUT2D eigenvalue weighted by atomic mass is 10.1. The molecule has 0 radical (unpaired) electrons. The molecule has 1 fully saturated rings. The SMILES string of the molecule is CCS(=O)(=O)c1ccc(NCC2CC2)c(-c2ccc(=O)n(C)c2)c1. The molecule has 1 N–H and O–H groups in total. The van der Waals surface area contributed by atoms with Crippen molar-refractivity contribution in [3.8, 4) is 11.1 Å². The van der Waals surface area contributed by atoms with Crippen molar-refractivity contribution in [3.63, 3.8) is 0 Å². The largest absolute Gasteiger partial charge is 0.384 e. The van der Waals surface area contributed by atoms with E-state index in [1.807, 2.05) is 6.07 Å². The van der Waals surface area contributed by atoms with Gasteiger partial charge in [-0.3, -0.25) is 4.79 Å². The van der Waals surface area contributed by atoms with Crippen LogP contribution >= 0.6 is 0 Å². The quantitative estimate of drug-likeness (QED) is 0.873. The van der Waals surface area contributed by atoms with Crippen molar-refractivity contribution in [2.45, 2.75) is 24.7 Å². The molecule has 0 unspecified atom stereocenters. The molecular weight excluding hydrogens is 324 g/mol. The summed E-state index contributed by atoms with van der Waals surface area (Å²) in [6.45, 7) is 2.53. The van der Waals surface area contributed by atoms with Crippen LogP contribution in [-0.2, 0) is 16.9 Å².